The molecule has 0 aliphatic carbocycles. The minimum atomic E-state index is -4.21. The summed E-state index contributed by atoms with van der Waals surface area (Å²) >= 11 is 0. The second-order valence-corrected chi connectivity index (χ2v) is 12.2. The molecule has 0 saturated heterocycles. The molecule has 196 valence electrons. The monoisotopic (exact) mass is 604 g/mol. The third-order valence-corrected chi connectivity index (χ3v) is 6.45. The van der Waals surface area contributed by atoms with E-state index in [1.165, 1.54) is 0 Å². The Morgan fingerprint density at radius 1 is 0.406 bits per heavy atom. The second-order valence-electron chi connectivity index (χ2n) is 7.19. The van der Waals surface area contributed by atoms with E-state index in [0.29, 0.717) is 19.3 Å². The van der Waals surface area contributed by atoms with Gasteiger partial charge in [0.2, 0.25) is 0 Å². The average Bonchev–Trinajstić information content (AvgIpc) is 2.58. The molecule has 0 rings (SSSR count). The molecule has 0 spiro atoms. The van der Waals surface area contributed by atoms with Crippen LogP contribution in [0.2, 0.25) is 0 Å². The van der Waals surface area contributed by atoms with Crippen LogP contribution in [0.25, 0.3) is 0 Å². The van der Waals surface area contributed by atoms with E-state index in [1.807, 2.05) is 20.8 Å². The van der Waals surface area contributed by atoms with Crippen molar-refractivity contribution in [2.75, 3.05) is 18.5 Å². The zero-order valence-corrected chi connectivity index (χ0v) is 24.2. The quantitative estimate of drug-likeness (QED) is 0.151. The Labute approximate surface area is 215 Å². The summed E-state index contributed by atoms with van der Waals surface area (Å²) in [7, 11) is -12.6. The minimum Gasteiger partial charge on any atom is -0.811 e. The molecule has 0 aliphatic rings. The van der Waals surface area contributed by atoms with Crippen molar-refractivity contribution in [1.29, 1.82) is 0 Å². The first-order valence-corrected chi connectivity index (χ1v) is 15.9. The van der Waals surface area contributed by atoms with Crippen molar-refractivity contribution in [3.63, 3.8) is 0 Å². The van der Waals surface area contributed by atoms with E-state index >= 15 is 0 Å². The van der Waals surface area contributed by atoms with Gasteiger partial charge in [-0.15, -0.1) is 0 Å². The summed E-state index contributed by atoms with van der Waals surface area (Å²) in [6.07, 6.45) is 9.83. The molecular formula is C18H39Fe2O9P3. The maximum Gasteiger partial charge on any atom is 3.00 e. The van der Waals surface area contributed by atoms with Crippen LogP contribution in [0.5, 0.6) is 0 Å². The van der Waals surface area contributed by atoms with Crippen LogP contribution < -0.4 is 29.4 Å². The SMILES string of the molecule is CCCCCCP(=O)([O-])[O-].CCCCCCP(=O)([O-])[O-].CCCCCCP(=O)([O-])[O-].[Fe+3].[Fe+3]. The van der Waals surface area contributed by atoms with Crippen LogP contribution in [0.3, 0.4) is 0 Å². The van der Waals surface area contributed by atoms with Crippen molar-refractivity contribution in [2.24, 2.45) is 0 Å². The standard InChI is InChI=1S/3C6H15O3P.2Fe/c3*1-2-3-4-5-6-10(7,8)9;;/h3*2-6H2,1H3,(H2,7,8,9);;/q;;;2*+3/p-6. The van der Waals surface area contributed by atoms with E-state index in [-0.39, 0.29) is 52.6 Å². The molecular weight excluding hydrogens is 565 g/mol. The molecule has 0 aliphatic heterocycles. The fourth-order valence-electron chi connectivity index (χ4n) is 2.20. The van der Waals surface area contributed by atoms with Gasteiger partial charge in [0.25, 0.3) is 0 Å². The summed E-state index contributed by atoms with van der Waals surface area (Å²) in [4.78, 5) is 60.4. The summed E-state index contributed by atoms with van der Waals surface area (Å²) in [5, 5.41) is 0. The first kappa shape index (κ1) is 43.6. The Hall–Kier alpha value is 1.49. The van der Waals surface area contributed by atoms with Gasteiger partial charge >= 0.3 is 34.1 Å². The third-order valence-electron chi connectivity index (χ3n) is 3.86. The molecule has 0 N–H and O–H groups in total. The Bertz CT molecular complexity index is 437. The van der Waals surface area contributed by atoms with Gasteiger partial charge in [0.05, 0.1) is 0 Å². The molecule has 0 saturated carbocycles. The van der Waals surface area contributed by atoms with Crippen LogP contribution in [0, 0.1) is 0 Å². The van der Waals surface area contributed by atoms with Crippen molar-refractivity contribution in [3.05, 3.63) is 0 Å². The topological polar surface area (TPSA) is 190 Å². The largest absolute Gasteiger partial charge is 3.00 e. The smallest absolute Gasteiger partial charge is 0.811 e. The fourth-order valence-corrected chi connectivity index (χ4v) is 4.03. The first-order valence-electron chi connectivity index (χ1n) is 10.7. The van der Waals surface area contributed by atoms with Crippen LogP contribution >= 0.6 is 22.8 Å². The van der Waals surface area contributed by atoms with Crippen LogP contribution in [-0.2, 0) is 47.8 Å². The summed E-state index contributed by atoms with van der Waals surface area (Å²) in [6.45, 7) is 6.11. The molecule has 0 fully saturated rings. The molecule has 9 nitrogen and oxygen atoms in total. The molecule has 0 aromatic carbocycles. The van der Waals surface area contributed by atoms with Crippen LogP contribution in [0.1, 0.15) is 97.8 Å². The van der Waals surface area contributed by atoms with Gasteiger partial charge < -0.3 is 43.1 Å². The zero-order chi connectivity index (χ0) is 24.1. The summed E-state index contributed by atoms with van der Waals surface area (Å²) in [6, 6.07) is 0. The minimum absolute atomic E-state index is 0. The van der Waals surface area contributed by atoms with Gasteiger partial charge in [-0.25, -0.2) is 0 Å². The molecule has 0 aromatic rings. The average molecular weight is 604 g/mol. The van der Waals surface area contributed by atoms with Gasteiger partial charge in [-0.2, -0.15) is 0 Å². The Morgan fingerprint density at radius 3 is 0.719 bits per heavy atom. The van der Waals surface area contributed by atoms with Gasteiger partial charge in [-0.05, 0) is 37.7 Å². The Morgan fingerprint density at radius 2 is 0.594 bits per heavy atom. The van der Waals surface area contributed by atoms with Crippen LogP contribution in [-0.4, -0.2) is 18.5 Å². The zero-order valence-electron chi connectivity index (χ0n) is 19.3. The molecule has 0 unspecified atom stereocenters. The summed E-state index contributed by atoms with van der Waals surface area (Å²) in [5.74, 6) is 0. The normalized spacial score (nSPS) is 11.2. The molecule has 2 radical (unpaired) electrons. The molecule has 0 atom stereocenters. The molecule has 0 heterocycles. The van der Waals surface area contributed by atoms with E-state index < -0.39 is 22.8 Å². The van der Waals surface area contributed by atoms with Crippen molar-refractivity contribution in [1.82, 2.24) is 0 Å². The van der Waals surface area contributed by atoms with E-state index in [1.54, 1.807) is 0 Å². The van der Waals surface area contributed by atoms with Gasteiger partial charge in [0.1, 0.15) is 0 Å². The van der Waals surface area contributed by atoms with E-state index in [2.05, 4.69) is 0 Å². The van der Waals surface area contributed by atoms with Gasteiger partial charge in [0, 0.05) is 0 Å². The predicted molar refractivity (Wildman–Crippen MR) is 110 cm³/mol. The van der Waals surface area contributed by atoms with E-state index in [0.717, 1.165) is 57.8 Å². The third kappa shape index (κ3) is 57.9. The Kier molecular flexibility index (Phi) is 36.9. The molecule has 0 amide bonds. The number of rotatable bonds is 15. The van der Waals surface area contributed by atoms with Crippen LogP contribution in [0.15, 0.2) is 0 Å². The van der Waals surface area contributed by atoms with Crippen molar-refractivity contribution >= 4 is 22.8 Å². The van der Waals surface area contributed by atoms with Gasteiger partial charge in [-0.1, -0.05) is 101 Å². The number of unbranched alkanes of at least 4 members (excludes halogenated alkanes) is 9. The first-order chi connectivity index (χ1) is 13.7. The van der Waals surface area contributed by atoms with E-state index in [4.69, 9.17) is 0 Å². The van der Waals surface area contributed by atoms with Crippen molar-refractivity contribution < 1.29 is 77.2 Å². The molecule has 14 heteroatoms. The fraction of sp³-hybridized carbons (Fsp3) is 1.00. The van der Waals surface area contributed by atoms with Crippen molar-refractivity contribution in [2.45, 2.75) is 97.8 Å². The van der Waals surface area contributed by atoms with Crippen LogP contribution in [0.4, 0.5) is 0 Å². The Balaban J connectivity index is -0.000000110. The number of hydrogen-bond acceptors (Lipinski definition) is 9. The summed E-state index contributed by atoms with van der Waals surface area (Å²) < 4.78 is 30.2. The second kappa shape index (κ2) is 27.1. The van der Waals surface area contributed by atoms with Gasteiger partial charge in [0.15, 0.2) is 0 Å². The molecule has 0 bridgehead atoms. The maximum absolute atomic E-state index is 10.1. The number of hydrogen-bond donors (Lipinski definition) is 0. The van der Waals surface area contributed by atoms with Crippen molar-refractivity contribution in [3.8, 4) is 0 Å². The summed E-state index contributed by atoms with van der Waals surface area (Å²) in [5.41, 5.74) is 0. The molecule has 32 heavy (non-hydrogen) atoms. The van der Waals surface area contributed by atoms with Gasteiger partial charge in [-0.3, -0.25) is 0 Å². The maximum atomic E-state index is 10.1. The predicted octanol–water partition coefficient (Wildman–Crippen LogP) is 1.44. The molecule has 0 aromatic heterocycles. The van der Waals surface area contributed by atoms with E-state index in [9.17, 15) is 43.1 Å².